The van der Waals surface area contributed by atoms with E-state index in [1.54, 1.807) is 16.4 Å². The molecule has 0 spiro atoms. The second-order valence-corrected chi connectivity index (χ2v) is 7.84. The Balaban J connectivity index is 1.84. The number of nitrogens with two attached hydrogens (primary N) is 1. The first-order valence-electron chi connectivity index (χ1n) is 8.95. The fraction of sp³-hybridized carbons (Fsp3) is 0.143. The van der Waals surface area contributed by atoms with Gasteiger partial charge in [-0.15, -0.1) is 0 Å². The van der Waals surface area contributed by atoms with E-state index in [0.29, 0.717) is 18.9 Å². The Morgan fingerprint density at radius 1 is 1.19 bits per heavy atom. The summed E-state index contributed by atoms with van der Waals surface area (Å²) in [7, 11) is -4.56. The Morgan fingerprint density at radius 2 is 1.94 bits per heavy atom. The summed E-state index contributed by atoms with van der Waals surface area (Å²) in [6.45, 7) is -0.0873. The highest BCUT2D eigenvalue weighted by Crippen LogP contribution is 2.35. The highest BCUT2D eigenvalue weighted by Gasteiger charge is 2.12. The number of amidine groups is 1. The first-order chi connectivity index (χ1) is 14.9. The van der Waals surface area contributed by atoms with Gasteiger partial charge in [0.05, 0.1) is 0 Å². The number of ether oxygens (including phenoxy) is 1. The SMILES string of the molecule is NC(/C=C\C(C#CCc1ccc(COc2ccccn2)cc1)=C/I)=NCOP(=O)(O)O. The second-order valence-electron chi connectivity index (χ2n) is 5.98. The zero-order valence-corrected chi connectivity index (χ0v) is 19.4. The third-order valence-electron chi connectivity index (χ3n) is 3.60. The number of phosphoric ester groups is 1. The van der Waals surface area contributed by atoms with Crippen molar-refractivity contribution in [3.63, 3.8) is 0 Å². The van der Waals surface area contributed by atoms with E-state index in [1.165, 1.54) is 6.08 Å². The number of benzene rings is 1. The zero-order chi connectivity index (χ0) is 22.5. The van der Waals surface area contributed by atoms with Gasteiger partial charge in [0, 0.05) is 24.3 Å². The molecule has 0 radical (unpaired) electrons. The molecule has 4 N–H and O–H groups in total. The van der Waals surface area contributed by atoms with Crippen LogP contribution in [0.5, 0.6) is 5.88 Å². The van der Waals surface area contributed by atoms with E-state index in [4.69, 9.17) is 20.3 Å². The van der Waals surface area contributed by atoms with E-state index >= 15 is 0 Å². The van der Waals surface area contributed by atoms with Gasteiger partial charge < -0.3 is 20.3 Å². The van der Waals surface area contributed by atoms with Crippen molar-refractivity contribution in [2.75, 3.05) is 6.73 Å². The molecule has 0 amide bonds. The van der Waals surface area contributed by atoms with Crippen molar-refractivity contribution >= 4 is 36.2 Å². The maximum absolute atomic E-state index is 10.6. The van der Waals surface area contributed by atoms with Crippen LogP contribution in [0.15, 0.2) is 75.5 Å². The predicted octanol–water partition coefficient (Wildman–Crippen LogP) is 3.51. The van der Waals surface area contributed by atoms with Gasteiger partial charge >= 0.3 is 7.82 Å². The van der Waals surface area contributed by atoms with Crippen molar-refractivity contribution in [3.8, 4) is 17.7 Å². The molecule has 10 heteroatoms. The average Bonchev–Trinajstić information content (AvgIpc) is 2.75. The van der Waals surface area contributed by atoms with Crippen LogP contribution in [-0.4, -0.2) is 27.3 Å². The molecule has 0 saturated carbocycles. The van der Waals surface area contributed by atoms with Crippen LogP contribution in [0.3, 0.4) is 0 Å². The highest BCUT2D eigenvalue weighted by molar-refractivity contribution is 14.1. The maximum Gasteiger partial charge on any atom is 0.471 e. The normalized spacial score (nSPS) is 12.5. The zero-order valence-electron chi connectivity index (χ0n) is 16.4. The van der Waals surface area contributed by atoms with Crippen molar-refractivity contribution in [1.29, 1.82) is 0 Å². The quantitative estimate of drug-likeness (QED) is 0.108. The second kappa shape index (κ2) is 13.0. The molecule has 162 valence electrons. The molecule has 0 saturated heterocycles. The molecule has 0 atom stereocenters. The molecular formula is C21H21IN3O5P. The minimum absolute atomic E-state index is 0.0644. The van der Waals surface area contributed by atoms with Gasteiger partial charge in [0.2, 0.25) is 5.88 Å². The predicted molar refractivity (Wildman–Crippen MR) is 127 cm³/mol. The van der Waals surface area contributed by atoms with Crippen molar-refractivity contribution in [3.05, 3.63) is 81.6 Å². The lowest BCUT2D eigenvalue weighted by atomic mass is 10.1. The van der Waals surface area contributed by atoms with E-state index in [9.17, 15) is 4.57 Å². The molecule has 2 rings (SSSR count). The Labute approximate surface area is 194 Å². The first kappa shape index (κ1) is 24.8. The molecule has 8 nitrogen and oxygen atoms in total. The number of aliphatic imine (C=N–C) groups is 1. The van der Waals surface area contributed by atoms with Crippen molar-refractivity contribution < 1.29 is 23.6 Å². The third-order valence-corrected chi connectivity index (χ3v) is 4.72. The summed E-state index contributed by atoms with van der Waals surface area (Å²) in [4.78, 5) is 25.0. The van der Waals surface area contributed by atoms with Crippen molar-refractivity contribution in [2.45, 2.75) is 13.0 Å². The van der Waals surface area contributed by atoms with Gasteiger partial charge in [0.25, 0.3) is 0 Å². The molecule has 0 fully saturated rings. The molecule has 0 aliphatic carbocycles. The summed E-state index contributed by atoms with van der Waals surface area (Å²) in [6.07, 6.45) is 5.40. The number of allylic oxidation sites excluding steroid dienone is 2. The number of pyridine rings is 1. The van der Waals surface area contributed by atoms with Gasteiger partial charge in [-0.1, -0.05) is 64.8 Å². The number of rotatable bonds is 9. The van der Waals surface area contributed by atoms with Gasteiger partial charge in [0.1, 0.15) is 12.4 Å². The molecular weight excluding hydrogens is 532 g/mol. The van der Waals surface area contributed by atoms with Gasteiger partial charge in [-0.2, -0.15) is 0 Å². The molecule has 0 bridgehead atoms. The van der Waals surface area contributed by atoms with E-state index in [2.05, 4.69) is 48.9 Å². The van der Waals surface area contributed by atoms with Crippen LogP contribution in [0.25, 0.3) is 0 Å². The molecule has 0 aliphatic rings. The number of hydrogen-bond acceptors (Lipinski definition) is 5. The van der Waals surface area contributed by atoms with E-state index < -0.39 is 14.6 Å². The molecule has 31 heavy (non-hydrogen) atoms. The smallest absolute Gasteiger partial charge is 0.471 e. The van der Waals surface area contributed by atoms with Crippen molar-refractivity contribution in [2.24, 2.45) is 10.7 Å². The Morgan fingerprint density at radius 3 is 2.58 bits per heavy atom. The minimum atomic E-state index is -4.56. The van der Waals surface area contributed by atoms with Crippen LogP contribution in [0.4, 0.5) is 0 Å². The Bertz CT molecular complexity index is 1040. The molecule has 2 aromatic rings. The summed E-state index contributed by atoms with van der Waals surface area (Å²) in [5, 5.41) is 0. The highest BCUT2D eigenvalue weighted by atomic mass is 127. The Kier molecular flexibility index (Phi) is 10.4. The van der Waals surface area contributed by atoms with Gasteiger partial charge in [0.15, 0.2) is 6.73 Å². The standard InChI is InChI=1S/C21H21IN3O5P/c22-14-18(11-12-20(23)25-16-30-31(26,27)28)5-3-4-17-7-9-19(10-8-17)15-29-21-6-1-2-13-24-21/h1-2,6-14H,4,15-16H2,(H2,23,25)(H2,26,27,28)/b12-11-,18-14-. The number of phosphoric acid groups is 1. The van der Waals surface area contributed by atoms with Crippen LogP contribution in [-0.2, 0) is 22.1 Å². The van der Waals surface area contributed by atoms with Crippen LogP contribution in [0.1, 0.15) is 11.1 Å². The van der Waals surface area contributed by atoms with Gasteiger partial charge in [-0.05, 0) is 33.4 Å². The fourth-order valence-electron chi connectivity index (χ4n) is 2.10. The maximum atomic E-state index is 10.6. The fourth-order valence-corrected chi connectivity index (χ4v) is 2.67. The molecule has 1 heterocycles. The van der Waals surface area contributed by atoms with Crippen LogP contribution < -0.4 is 10.5 Å². The molecule has 0 aliphatic heterocycles. The topological polar surface area (TPSA) is 127 Å². The number of hydrogen-bond donors (Lipinski definition) is 3. The molecule has 1 aromatic heterocycles. The van der Waals surface area contributed by atoms with Crippen LogP contribution >= 0.6 is 30.4 Å². The summed E-state index contributed by atoms with van der Waals surface area (Å²) >= 11 is 2.06. The van der Waals surface area contributed by atoms with Gasteiger partial charge in [-0.25, -0.2) is 14.5 Å². The summed E-state index contributed by atoms with van der Waals surface area (Å²) in [5.74, 6) is 6.78. The summed E-state index contributed by atoms with van der Waals surface area (Å²) < 4.78 is 22.2. The number of nitrogens with zero attached hydrogens (tertiary/aromatic N) is 2. The minimum Gasteiger partial charge on any atom is -0.473 e. The van der Waals surface area contributed by atoms with Crippen LogP contribution in [0, 0.1) is 11.8 Å². The molecule has 1 aromatic carbocycles. The first-order valence-corrected chi connectivity index (χ1v) is 11.7. The lowest BCUT2D eigenvalue weighted by Gasteiger charge is -2.05. The molecule has 0 unspecified atom stereocenters. The van der Waals surface area contributed by atoms with Crippen molar-refractivity contribution in [1.82, 2.24) is 4.98 Å². The van der Waals surface area contributed by atoms with E-state index in [0.717, 1.165) is 16.7 Å². The largest absolute Gasteiger partial charge is 0.473 e. The average molecular weight is 553 g/mol. The summed E-state index contributed by atoms with van der Waals surface area (Å²) in [6, 6.07) is 13.5. The van der Waals surface area contributed by atoms with E-state index in [1.807, 2.05) is 42.5 Å². The number of aromatic nitrogens is 1. The van der Waals surface area contributed by atoms with Crippen LogP contribution in [0.2, 0.25) is 0 Å². The number of halogens is 1. The van der Waals surface area contributed by atoms with E-state index in [-0.39, 0.29) is 5.84 Å². The monoisotopic (exact) mass is 553 g/mol. The van der Waals surface area contributed by atoms with Gasteiger partial charge in [-0.3, -0.25) is 4.52 Å². The lowest BCUT2D eigenvalue weighted by molar-refractivity contribution is 0.203. The lowest BCUT2D eigenvalue weighted by Crippen LogP contribution is -2.09. The summed E-state index contributed by atoms with van der Waals surface area (Å²) in [5.41, 5.74) is 8.47. The third kappa shape index (κ3) is 10.9. The Hall–Kier alpha value is -2.48.